The first kappa shape index (κ1) is 27.9. The van der Waals surface area contributed by atoms with Crippen molar-refractivity contribution in [1.82, 2.24) is 4.90 Å². The van der Waals surface area contributed by atoms with Gasteiger partial charge in [-0.2, -0.15) is 0 Å². The largest absolute Gasteiger partial charge is 0.494 e. The van der Waals surface area contributed by atoms with Gasteiger partial charge in [-0.05, 0) is 78.1 Å². The Morgan fingerprint density at radius 2 is 1.82 bits per heavy atom. The number of carbonyl (C=O) groups excluding carboxylic acids is 1. The fourth-order valence-corrected chi connectivity index (χ4v) is 4.51. The van der Waals surface area contributed by atoms with Crippen LogP contribution in [0.4, 0.5) is 4.79 Å². The first-order chi connectivity index (χ1) is 19.1. The number of benzene rings is 3. The van der Waals surface area contributed by atoms with Gasteiger partial charge in [0, 0.05) is 25.0 Å². The van der Waals surface area contributed by atoms with E-state index in [9.17, 15) is 4.79 Å². The summed E-state index contributed by atoms with van der Waals surface area (Å²) in [5.74, 6) is 0.884. The van der Waals surface area contributed by atoms with Crippen molar-refractivity contribution in [2.75, 3.05) is 13.2 Å². The highest BCUT2D eigenvalue weighted by atomic mass is 16.6. The van der Waals surface area contributed by atoms with E-state index in [2.05, 4.69) is 54.9 Å². The first-order valence-corrected chi connectivity index (χ1v) is 13.7. The van der Waals surface area contributed by atoms with Crippen molar-refractivity contribution in [3.63, 3.8) is 0 Å². The van der Waals surface area contributed by atoms with E-state index in [0.717, 1.165) is 59.4 Å². The molecule has 0 aromatic heterocycles. The van der Waals surface area contributed by atoms with Gasteiger partial charge in [-0.1, -0.05) is 80.2 Å². The molecule has 0 spiro atoms. The highest BCUT2D eigenvalue weighted by Crippen LogP contribution is 2.25. The summed E-state index contributed by atoms with van der Waals surface area (Å²) in [6, 6.07) is 24.5. The summed E-state index contributed by atoms with van der Waals surface area (Å²) in [6.45, 7) is 10.1. The number of aliphatic imine (C=N–C) groups is 1. The van der Waals surface area contributed by atoms with Crippen LogP contribution in [0.25, 0.3) is 0 Å². The summed E-state index contributed by atoms with van der Waals surface area (Å²) in [6.07, 6.45) is 7.10. The normalized spacial score (nSPS) is 13.5. The van der Waals surface area contributed by atoms with Crippen molar-refractivity contribution in [1.29, 1.82) is 0 Å². The molecule has 3 aromatic rings. The van der Waals surface area contributed by atoms with Gasteiger partial charge in [-0.25, -0.2) is 4.79 Å². The van der Waals surface area contributed by atoms with Gasteiger partial charge >= 0.3 is 6.09 Å². The second-order valence-corrected chi connectivity index (χ2v) is 9.77. The number of ether oxygens (including phenoxy) is 2. The van der Waals surface area contributed by atoms with Gasteiger partial charge in [0.2, 0.25) is 0 Å². The average Bonchev–Trinajstić information content (AvgIpc) is 2.99. The minimum atomic E-state index is -0.268. The van der Waals surface area contributed by atoms with E-state index in [0.29, 0.717) is 26.3 Å². The van der Waals surface area contributed by atoms with Crippen LogP contribution in [0.3, 0.4) is 0 Å². The molecule has 0 bridgehead atoms. The van der Waals surface area contributed by atoms with E-state index in [-0.39, 0.29) is 6.09 Å². The van der Waals surface area contributed by atoms with Crippen LogP contribution in [0.1, 0.15) is 54.5 Å². The average molecular weight is 523 g/mol. The number of allylic oxidation sites excluding steroid dienone is 2. The number of hydrogen-bond acceptors (Lipinski definition) is 4. The molecule has 1 aliphatic rings. The quantitative estimate of drug-likeness (QED) is 0.147. The molecule has 39 heavy (non-hydrogen) atoms. The van der Waals surface area contributed by atoms with E-state index in [1.54, 1.807) is 4.90 Å². The number of aryl methyl sites for hydroxylation is 1. The zero-order chi connectivity index (χ0) is 27.5. The molecule has 0 saturated heterocycles. The summed E-state index contributed by atoms with van der Waals surface area (Å²) >= 11 is 0. The van der Waals surface area contributed by atoms with Gasteiger partial charge in [0.25, 0.3) is 0 Å². The molecule has 1 heterocycles. The van der Waals surface area contributed by atoms with Crippen LogP contribution < -0.4 is 4.74 Å². The molecule has 0 radical (unpaired) electrons. The molecular weight excluding hydrogens is 484 g/mol. The third kappa shape index (κ3) is 8.18. The zero-order valence-corrected chi connectivity index (χ0v) is 23.1. The van der Waals surface area contributed by atoms with E-state index in [1.165, 1.54) is 11.1 Å². The lowest BCUT2D eigenvalue weighted by molar-refractivity contribution is 0.0918. The van der Waals surface area contributed by atoms with Gasteiger partial charge < -0.3 is 14.4 Å². The van der Waals surface area contributed by atoms with Gasteiger partial charge in [-0.15, -0.1) is 0 Å². The number of nitrogens with zero attached hydrogens (tertiary/aromatic N) is 2. The monoisotopic (exact) mass is 522 g/mol. The van der Waals surface area contributed by atoms with Crippen LogP contribution in [-0.2, 0) is 30.7 Å². The van der Waals surface area contributed by atoms with E-state index < -0.39 is 0 Å². The van der Waals surface area contributed by atoms with Gasteiger partial charge in [0.15, 0.2) is 0 Å². The van der Waals surface area contributed by atoms with Crippen molar-refractivity contribution in [3.8, 4) is 5.75 Å². The van der Waals surface area contributed by atoms with E-state index >= 15 is 0 Å². The molecule has 0 saturated carbocycles. The third-order valence-corrected chi connectivity index (χ3v) is 7.00. The van der Waals surface area contributed by atoms with E-state index in [4.69, 9.17) is 9.47 Å². The molecule has 5 nitrogen and oxygen atoms in total. The van der Waals surface area contributed by atoms with Crippen LogP contribution in [0.2, 0.25) is 0 Å². The van der Waals surface area contributed by atoms with Crippen molar-refractivity contribution < 1.29 is 14.3 Å². The maximum Gasteiger partial charge on any atom is 0.410 e. The molecule has 0 aliphatic carbocycles. The van der Waals surface area contributed by atoms with Crippen LogP contribution in [-0.4, -0.2) is 29.9 Å². The minimum absolute atomic E-state index is 0.268. The number of fused-ring (bicyclic) bond motifs is 1. The molecule has 5 heteroatoms. The number of amides is 1. The Labute approximate surface area is 232 Å². The van der Waals surface area contributed by atoms with Crippen molar-refractivity contribution in [2.24, 2.45) is 4.99 Å². The maximum atomic E-state index is 12.5. The minimum Gasteiger partial charge on any atom is -0.494 e. The summed E-state index contributed by atoms with van der Waals surface area (Å²) in [4.78, 5) is 18.9. The smallest absolute Gasteiger partial charge is 0.410 e. The van der Waals surface area contributed by atoms with E-state index in [1.807, 2.05) is 55.6 Å². The SMILES string of the molecule is C=C/C(=C\N=C(C)c1ccc(CCCOc2ccc3c(c2)CCN(C(=O)OCc2ccccc2)C3)cc1)CC. The van der Waals surface area contributed by atoms with Crippen molar-refractivity contribution in [2.45, 2.75) is 52.7 Å². The van der Waals surface area contributed by atoms with Crippen LogP contribution in [0.15, 0.2) is 102 Å². The highest BCUT2D eigenvalue weighted by molar-refractivity contribution is 5.99. The summed E-state index contributed by atoms with van der Waals surface area (Å²) < 4.78 is 11.6. The fourth-order valence-electron chi connectivity index (χ4n) is 4.51. The second-order valence-electron chi connectivity index (χ2n) is 9.77. The Morgan fingerprint density at radius 3 is 2.56 bits per heavy atom. The highest BCUT2D eigenvalue weighted by Gasteiger charge is 2.22. The third-order valence-electron chi connectivity index (χ3n) is 7.00. The van der Waals surface area contributed by atoms with Crippen molar-refractivity contribution in [3.05, 3.63) is 125 Å². The van der Waals surface area contributed by atoms with Crippen LogP contribution in [0.5, 0.6) is 5.75 Å². The molecule has 1 aliphatic heterocycles. The number of hydrogen-bond donors (Lipinski definition) is 0. The number of rotatable bonds is 11. The maximum absolute atomic E-state index is 12.5. The van der Waals surface area contributed by atoms with Crippen LogP contribution >= 0.6 is 0 Å². The molecular formula is C34H38N2O3. The van der Waals surface area contributed by atoms with Gasteiger partial charge in [-0.3, -0.25) is 4.99 Å². The summed E-state index contributed by atoms with van der Waals surface area (Å²) in [5.41, 5.74) is 7.92. The summed E-state index contributed by atoms with van der Waals surface area (Å²) in [5, 5.41) is 0. The predicted octanol–water partition coefficient (Wildman–Crippen LogP) is 7.68. The summed E-state index contributed by atoms with van der Waals surface area (Å²) in [7, 11) is 0. The molecule has 0 unspecified atom stereocenters. The Kier molecular flexibility index (Phi) is 10.1. The Hall–Kier alpha value is -4.12. The van der Waals surface area contributed by atoms with Crippen molar-refractivity contribution >= 4 is 11.8 Å². The molecule has 202 valence electrons. The standard InChI is InChI=1S/C34H38N2O3/c1-4-27(5-2)23-35-26(3)30-15-13-28(14-16-30)12-9-21-38-33-18-17-32-24-36(20-19-31(32)22-33)34(37)39-25-29-10-7-6-8-11-29/h4,6-8,10-11,13-18,22-23H,1,5,9,12,19-21,24-25H2,2-3H3/b27-23+,35-26?. The lowest BCUT2D eigenvalue weighted by Gasteiger charge is -2.28. The lowest BCUT2D eigenvalue weighted by atomic mass is 10.00. The molecule has 1 amide bonds. The van der Waals surface area contributed by atoms with Gasteiger partial charge in [0.05, 0.1) is 6.61 Å². The molecule has 3 aromatic carbocycles. The fraction of sp³-hybridized carbons (Fsp3) is 0.294. The van der Waals surface area contributed by atoms with Crippen LogP contribution in [0, 0.1) is 0 Å². The molecule has 0 fully saturated rings. The Bertz CT molecular complexity index is 1310. The predicted molar refractivity (Wildman–Crippen MR) is 158 cm³/mol. The molecule has 0 N–H and O–H groups in total. The van der Waals surface area contributed by atoms with Gasteiger partial charge in [0.1, 0.15) is 12.4 Å². The Balaban J connectivity index is 1.21. The first-order valence-electron chi connectivity index (χ1n) is 13.7. The topological polar surface area (TPSA) is 51.1 Å². The molecule has 0 atom stereocenters. The Morgan fingerprint density at radius 1 is 1.03 bits per heavy atom. The lowest BCUT2D eigenvalue weighted by Crippen LogP contribution is -2.36. The molecule has 4 rings (SSSR count). The second kappa shape index (κ2) is 14.1. The zero-order valence-electron chi connectivity index (χ0n) is 23.1. The number of carbonyl (C=O) groups is 1.